The van der Waals surface area contributed by atoms with Crippen LogP contribution >= 0.6 is 0 Å². The number of ether oxygens (including phenoxy) is 1. The van der Waals surface area contributed by atoms with Gasteiger partial charge in [-0.2, -0.15) is 0 Å². The molecule has 0 saturated heterocycles. The second-order valence-corrected chi connectivity index (χ2v) is 6.46. The average molecular weight is 337 g/mol. The molecule has 132 valence electrons. The molecule has 5 nitrogen and oxygen atoms in total. The number of carboxylic acid groups (broad SMARTS) is 1. The fourth-order valence-electron chi connectivity index (χ4n) is 3.05. The summed E-state index contributed by atoms with van der Waals surface area (Å²) in [6.07, 6.45) is 4.31. The summed E-state index contributed by atoms with van der Waals surface area (Å²) < 4.78 is 19.0. The van der Waals surface area contributed by atoms with Crippen LogP contribution in [-0.2, 0) is 14.3 Å². The monoisotopic (exact) mass is 337 g/mol. The van der Waals surface area contributed by atoms with Crippen LogP contribution in [-0.4, -0.2) is 29.7 Å². The number of halogens is 1. The first-order chi connectivity index (χ1) is 11.4. The van der Waals surface area contributed by atoms with Gasteiger partial charge in [-0.25, -0.2) is 9.18 Å². The predicted molar refractivity (Wildman–Crippen MR) is 87.0 cm³/mol. The maximum absolute atomic E-state index is 13.3. The van der Waals surface area contributed by atoms with Crippen LogP contribution in [0.25, 0.3) is 0 Å². The van der Waals surface area contributed by atoms with E-state index in [2.05, 4.69) is 12.2 Å². The third kappa shape index (κ3) is 4.77. The standard InChI is InChI=1S/C18H24FNO4/c1-11-5-3-4-6-15(11)24-10-16(21)20-17(18(22)23)13-7-8-14(19)12(2)9-13/h7-9,11,15,17H,3-6,10H2,1-2H3,(H,20,21)(H,22,23). The van der Waals surface area contributed by atoms with Gasteiger partial charge in [0.05, 0.1) is 6.10 Å². The van der Waals surface area contributed by atoms with Crippen molar-refractivity contribution in [3.63, 3.8) is 0 Å². The first-order valence-electron chi connectivity index (χ1n) is 8.28. The smallest absolute Gasteiger partial charge is 0.330 e. The van der Waals surface area contributed by atoms with E-state index in [1.807, 2.05) is 0 Å². The summed E-state index contributed by atoms with van der Waals surface area (Å²) in [5, 5.41) is 11.8. The summed E-state index contributed by atoms with van der Waals surface area (Å²) in [4.78, 5) is 23.5. The minimum Gasteiger partial charge on any atom is -0.479 e. The zero-order chi connectivity index (χ0) is 17.7. The van der Waals surface area contributed by atoms with Crippen LogP contribution in [0, 0.1) is 18.7 Å². The van der Waals surface area contributed by atoms with Gasteiger partial charge in [-0.1, -0.05) is 31.9 Å². The van der Waals surface area contributed by atoms with Gasteiger partial charge in [-0.15, -0.1) is 0 Å². The molecule has 0 aliphatic heterocycles. The highest BCUT2D eigenvalue weighted by Gasteiger charge is 2.25. The number of carbonyl (C=O) groups excluding carboxylic acids is 1. The van der Waals surface area contributed by atoms with E-state index >= 15 is 0 Å². The van der Waals surface area contributed by atoms with E-state index in [4.69, 9.17) is 4.74 Å². The highest BCUT2D eigenvalue weighted by Crippen LogP contribution is 2.26. The maximum atomic E-state index is 13.3. The molecule has 1 fully saturated rings. The van der Waals surface area contributed by atoms with Gasteiger partial charge in [-0.3, -0.25) is 4.79 Å². The van der Waals surface area contributed by atoms with E-state index in [9.17, 15) is 19.1 Å². The molecule has 3 atom stereocenters. The summed E-state index contributed by atoms with van der Waals surface area (Å²) in [5.41, 5.74) is 0.668. The molecule has 0 bridgehead atoms. The second kappa shape index (κ2) is 8.24. The van der Waals surface area contributed by atoms with Crippen LogP contribution < -0.4 is 5.32 Å². The lowest BCUT2D eigenvalue weighted by atomic mass is 9.88. The number of amides is 1. The number of rotatable bonds is 6. The largest absolute Gasteiger partial charge is 0.479 e. The van der Waals surface area contributed by atoms with Crippen LogP contribution in [0.4, 0.5) is 4.39 Å². The molecule has 1 aliphatic rings. The molecule has 2 N–H and O–H groups in total. The molecule has 1 saturated carbocycles. The van der Waals surface area contributed by atoms with E-state index in [1.165, 1.54) is 24.6 Å². The van der Waals surface area contributed by atoms with E-state index in [-0.39, 0.29) is 12.7 Å². The Bertz CT molecular complexity index is 605. The molecule has 0 radical (unpaired) electrons. The van der Waals surface area contributed by atoms with E-state index in [0.29, 0.717) is 17.0 Å². The first-order valence-corrected chi connectivity index (χ1v) is 8.28. The minimum absolute atomic E-state index is 0.0424. The first kappa shape index (κ1) is 18.4. The van der Waals surface area contributed by atoms with Crippen molar-refractivity contribution in [3.05, 3.63) is 35.1 Å². The van der Waals surface area contributed by atoms with Gasteiger partial charge in [0.2, 0.25) is 5.91 Å². The van der Waals surface area contributed by atoms with Crippen molar-refractivity contribution < 1.29 is 23.8 Å². The van der Waals surface area contributed by atoms with Crippen molar-refractivity contribution in [2.45, 2.75) is 51.7 Å². The zero-order valence-electron chi connectivity index (χ0n) is 14.0. The van der Waals surface area contributed by atoms with Crippen LogP contribution in [0.1, 0.15) is 49.8 Å². The van der Waals surface area contributed by atoms with Crippen molar-refractivity contribution in [3.8, 4) is 0 Å². The van der Waals surface area contributed by atoms with Crippen molar-refractivity contribution in [1.29, 1.82) is 0 Å². The van der Waals surface area contributed by atoms with E-state index in [1.54, 1.807) is 6.92 Å². The number of carbonyl (C=O) groups is 2. The molecule has 2 rings (SSSR count). The Morgan fingerprint density at radius 3 is 2.71 bits per heavy atom. The molecular formula is C18H24FNO4. The summed E-state index contributed by atoms with van der Waals surface area (Å²) in [6.45, 7) is 3.48. The van der Waals surface area contributed by atoms with Crippen molar-refractivity contribution in [2.24, 2.45) is 5.92 Å². The predicted octanol–water partition coefficient (Wildman–Crippen LogP) is 2.97. The topological polar surface area (TPSA) is 75.6 Å². The summed E-state index contributed by atoms with van der Waals surface area (Å²) in [5.74, 6) is -1.69. The Balaban J connectivity index is 1.95. The van der Waals surface area contributed by atoms with Crippen LogP contribution in [0.2, 0.25) is 0 Å². The zero-order valence-corrected chi connectivity index (χ0v) is 14.0. The van der Waals surface area contributed by atoms with Gasteiger partial charge in [0.15, 0.2) is 6.04 Å². The van der Waals surface area contributed by atoms with E-state index < -0.39 is 23.7 Å². The van der Waals surface area contributed by atoms with Gasteiger partial charge < -0.3 is 15.2 Å². The molecule has 1 amide bonds. The SMILES string of the molecule is Cc1cc(C(NC(=O)COC2CCCCC2C)C(=O)O)ccc1F. The van der Waals surface area contributed by atoms with Gasteiger partial charge in [-0.05, 0) is 42.9 Å². The number of hydrogen-bond acceptors (Lipinski definition) is 3. The third-order valence-electron chi connectivity index (χ3n) is 4.53. The molecule has 1 aromatic rings. The molecule has 1 aromatic carbocycles. The van der Waals surface area contributed by atoms with Crippen molar-refractivity contribution in [1.82, 2.24) is 5.32 Å². The number of nitrogens with one attached hydrogen (secondary N) is 1. The Hall–Kier alpha value is -1.95. The molecule has 3 unspecified atom stereocenters. The highest BCUT2D eigenvalue weighted by molar-refractivity contribution is 5.85. The Labute approximate surface area is 141 Å². The van der Waals surface area contributed by atoms with Crippen LogP contribution in [0.3, 0.4) is 0 Å². The van der Waals surface area contributed by atoms with Crippen LogP contribution in [0.5, 0.6) is 0 Å². The summed E-state index contributed by atoms with van der Waals surface area (Å²) in [6, 6.07) is 2.78. The maximum Gasteiger partial charge on any atom is 0.330 e. The lowest BCUT2D eigenvalue weighted by Crippen LogP contribution is -2.38. The molecule has 0 spiro atoms. The fourth-order valence-corrected chi connectivity index (χ4v) is 3.05. The lowest BCUT2D eigenvalue weighted by molar-refractivity contribution is -0.143. The summed E-state index contributed by atoms with van der Waals surface area (Å²) in [7, 11) is 0. The van der Waals surface area contributed by atoms with Crippen LogP contribution in [0.15, 0.2) is 18.2 Å². The highest BCUT2D eigenvalue weighted by atomic mass is 19.1. The van der Waals surface area contributed by atoms with Gasteiger partial charge in [0.25, 0.3) is 0 Å². The number of hydrogen-bond donors (Lipinski definition) is 2. The van der Waals surface area contributed by atoms with E-state index in [0.717, 1.165) is 19.3 Å². The quantitative estimate of drug-likeness (QED) is 0.837. The van der Waals surface area contributed by atoms with Crippen molar-refractivity contribution in [2.75, 3.05) is 6.61 Å². The summed E-state index contributed by atoms with van der Waals surface area (Å²) >= 11 is 0. The third-order valence-corrected chi connectivity index (χ3v) is 4.53. The minimum atomic E-state index is -1.22. The average Bonchev–Trinajstić information content (AvgIpc) is 2.54. The number of aryl methyl sites for hydroxylation is 1. The molecular weight excluding hydrogens is 313 g/mol. The van der Waals surface area contributed by atoms with Gasteiger partial charge in [0.1, 0.15) is 12.4 Å². The molecule has 0 aromatic heterocycles. The molecule has 1 aliphatic carbocycles. The normalized spacial score (nSPS) is 22.0. The lowest BCUT2D eigenvalue weighted by Gasteiger charge is -2.28. The van der Waals surface area contributed by atoms with Gasteiger partial charge in [0, 0.05) is 0 Å². The Morgan fingerprint density at radius 2 is 2.08 bits per heavy atom. The molecule has 6 heteroatoms. The number of carboxylic acids is 1. The number of benzene rings is 1. The second-order valence-electron chi connectivity index (χ2n) is 6.46. The molecule has 0 heterocycles. The Morgan fingerprint density at radius 1 is 1.38 bits per heavy atom. The Kier molecular flexibility index (Phi) is 6.31. The fraction of sp³-hybridized carbons (Fsp3) is 0.556. The number of aliphatic carboxylic acids is 1. The van der Waals surface area contributed by atoms with Crippen molar-refractivity contribution >= 4 is 11.9 Å². The molecule has 24 heavy (non-hydrogen) atoms. The van der Waals surface area contributed by atoms with Gasteiger partial charge >= 0.3 is 5.97 Å².